The fraction of sp³-hybridized carbons (Fsp3) is 0.526. The summed E-state index contributed by atoms with van der Waals surface area (Å²) in [5, 5.41) is 10.0. The van der Waals surface area contributed by atoms with E-state index in [9.17, 15) is 27.9 Å². The summed E-state index contributed by atoms with van der Waals surface area (Å²) in [4.78, 5) is 30.3. The van der Waals surface area contributed by atoms with Crippen LogP contribution < -0.4 is 5.56 Å². The lowest BCUT2D eigenvalue weighted by atomic mass is 10.0. The zero-order chi connectivity index (χ0) is 21.1. The largest absolute Gasteiger partial charge is 0.424 e. The first-order valence-electron chi connectivity index (χ1n) is 9.38. The van der Waals surface area contributed by atoms with Gasteiger partial charge in [-0.15, -0.1) is 0 Å². The summed E-state index contributed by atoms with van der Waals surface area (Å²) in [6, 6.07) is 2.45. The molecular weight excluding hydrogens is 389 g/mol. The van der Waals surface area contributed by atoms with E-state index < -0.39 is 23.6 Å². The first-order valence-corrected chi connectivity index (χ1v) is 9.38. The lowest BCUT2D eigenvalue weighted by Crippen LogP contribution is -2.45. The fourth-order valence-electron chi connectivity index (χ4n) is 3.76. The number of aliphatic hydroxyl groups is 1. The maximum absolute atomic E-state index is 13.3. The molecule has 2 aliphatic rings. The highest BCUT2D eigenvalue weighted by molar-refractivity contribution is 5.94. The number of imidazole rings is 1. The highest BCUT2D eigenvalue weighted by Gasteiger charge is 2.55. The van der Waals surface area contributed by atoms with Crippen LogP contribution in [0.4, 0.5) is 13.2 Å². The third kappa shape index (κ3) is 3.25. The molecule has 7 nitrogen and oxygen atoms in total. The van der Waals surface area contributed by atoms with Crippen molar-refractivity contribution < 1.29 is 23.1 Å². The predicted octanol–water partition coefficient (Wildman–Crippen LogP) is 2.37. The number of halogens is 3. The molecule has 0 unspecified atom stereocenters. The van der Waals surface area contributed by atoms with Crippen LogP contribution >= 0.6 is 0 Å². The van der Waals surface area contributed by atoms with Gasteiger partial charge in [0.25, 0.3) is 11.5 Å². The molecule has 1 amide bonds. The van der Waals surface area contributed by atoms with Gasteiger partial charge in [-0.25, -0.2) is 4.98 Å². The Bertz CT molecular complexity index is 1020. The number of aromatic nitrogens is 3. The molecule has 0 radical (unpaired) electrons. The Labute approximate surface area is 164 Å². The second-order valence-electron chi connectivity index (χ2n) is 7.94. The lowest BCUT2D eigenvalue weighted by Gasteiger charge is -2.36. The number of hydrogen-bond acceptors (Lipinski definition) is 4. The van der Waals surface area contributed by atoms with E-state index in [1.54, 1.807) is 17.7 Å². The lowest BCUT2D eigenvalue weighted by molar-refractivity contribution is -0.263. The molecule has 156 valence electrons. The Balaban J connectivity index is 1.63. The summed E-state index contributed by atoms with van der Waals surface area (Å²) in [5.74, 6) is -0.787. The number of alkyl halides is 3. The normalized spacial score (nSPS) is 21.6. The van der Waals surface area contributed by atoms with Gasteiger partial charge < -0.3 is 19.1 Å². The van der Waals surface area contributed by atoms with Crippen LogP contribution in [0.5, 0.6) is 0 Å². The molecule has 1 N–H and O–H groups in total. The topological polar surface area (TPSA) is 80.4 Å². The van der Waals surface area contributed by atoms with E-state index >= 15 is 0 Å². The molecule has 1 aliphatic heterocycles. The Morgan fingerprint density at radius 2 is 1.97 bits per heavy atom. The summed E-state index contributed by atoms with van der Waals surface area (Å²) in [6.45, 7) is 2.57. The van der Waals surface area contributed by atoms with Crippen molar-refractivity contribution in [3.63, 3.8) is 0 Å². The quantitative estimate of drug-likeness (QED) is 0.843. The first-order chi connectivity index (χ1) is 13.5. The number of rotatable bonds is 3. The Morgan fingerprint density at radius 1 is 1.28 bits per heavy atom. The van der Waals surface area contributed by atoms with Crippen LogP contribution in [0.25, 0.3) is 0 Å². The minimum absolute atomic E-state index is 0.0622. The van der Waals surface area contributed by atoms with E-state index in [4.69, 9.17) is 0 Å². The summed E-state index contributed by atoms with van der Waals surface area (Å²) >= 11 is 0. The van der Waals surface area contributed by atoms with E-state index in [1.807, 2.05) is 0 Å². The van der Waals surface area contributed by atoms with E-state index in [1.165, 1.54) is 27.8 Å². The van der Waals surface area contributed by atoms with Crippen LogP contribution in [0.15, 0.2) is 29.3 Å². The molecule has 0 saturated heterocycles. The molecular formula is C19H21F3N4O3. The Kier molecular flexibility index (Phi) is 4.38. The molecule has 3 heterocycles. The van der Waals surface area contributed by atoms with Gasteiger partial charge in [0.05, 0.1) is 30.0 Å². The number of hydrogen-bond donors (Lipinski definition) is 1. The van der Waals surface area contributed by atoms with Gasteiger partial charge >= 0.3 is 6.18 Å². The third-order valence-corrected chi connectivity index (χ3v) is 5.55. The highest BCUT2D eigenvalue weighted by atomic mass is 19.4. The van der Waals surface area contributed by atoms with Crippen LogP contribution in [0.1, 0.15) is 60.6 Å². The van der Waals surface area contributed by atoms with Crippen molar-refractivity contribution >= 4 is 5.91 Å². The smallest absolute Gasteiger partial charge is 0.374 e. The maximum Gasteiger partial charge on any atom is 0.424 e. The van der Waals surface area contributed by atoms with Crippen molar-refractivity contribution in [2.24, 2.45) is 0 Å². The summed E-state index contributed by atoms with van der Waals surface area (Å²) < 4.78 is 42.7. The number of pyridine rings is 1. The molecule has 1 aliphatic carbocycles. The maximum atomic E-state index is 13.3. The molecule has 1 fully saturated rings. The molecule has 2 atom stereocenters. The van der Waals surface area contributed by atoms with Gasteiger partial charge in [-0.1, -0.05) is 0 Å². The predicted molar refractivity (Wildman–Crippen MR) is 96.3 cm³/mol. The van der Waals surface area contributed by atoms with Gasteiger partial charge in [-0.3, -0.25) is 9.59 Å². The number of amides is 1. The second kappa shape index (κ2) is 6.45. The van der Waals surface area contributed by atoms with Crippen LogP contribution in [-0.2, 0) is 12.1 Å². The zero-order valence-corrected chi connectivity index (χ0v) is 16.0. The van der Waals surface area contributed by atoms with Crippen LogP contribution in [-0.4, -0.2) is 42.8 Å². The molecule has 0 spiro atoms. The molecule has 2 aromatic rings. The van der Waals surface area contributed by atoms with Crippen molar-refractivity contribution in [2.75, 3.05) is 6.54 Å². The monoisotopic (exact) mass is 410 g/mol. The van der Waals surface area contributed by atoms with E-state index in [-0.39, 0.29) is 30.6 Å². The van der Waals surface area contributed by atoms with E-state index in [0.717, 1.165) is 12.8 Å². The molecule has 29 heavy (non-hydrogen) atoms. The van der Waals surface area contributed by atoms with Gasteiger partial charge in [0.2, 0.25) is 5.60 Å². The van der Waals surface area contributed by atoms with E-state index in [2.05, 4.69) is 4.98 Å². The average Bonchev–Trinajstić information content (AvgIpc) is 3.38. The molecule has 0 bridgehead atoms. The molecule has 10 heteroatoms. The van der Waals surface area contributed by atoms with Crippen molar-refractivity contribution in [1.29, 1.82) is 0 Å². The van der Waals surface area contributed by atoms with Crippen molar-refractivity contribution in [2.45, 2.75) is 57.1 Å². The Morgan fingerprint density at radius 3 is 2.59 bits per heavy atom. The van der Waals surface area contributed by atoms with Gasteiger partial charge in [-0.05, 0) is 32.8 Å². The number of nitrogens with zero attached hydrogens (tertiary/aromatic N) is 4. The molecule has 2 aromatic heterocycles. The average molecular weight is 410 g/mol. The van der Waals surface area contributed by atoms with Crippen molar-refractivity contribution in [3.05, 3.63) is 52.0 Å². The molecule has 4 rings (SSSR count). The minimum atomic E-state index is -4.88. The SMILES string of the molecule is C[C@H]1CN(C(=O)c2ccc(=O)n(C3CC3)c2)Cc2cnc([C@@](C)(O)C(F)(F)F)n21. The van der Waals surface area contributed by atoms with Crippen LogP contribution in [0.3, 0.4) is 0 Å². The summed E-state index contributed by atoms with van der Waals surface area (Å²) in [7, 11) is 0. The van der Waals surface area contributed by atoms with Crippen molar-refractivity contribution in [1.82, 2.24) is 19.0 Å². The number of fused-ring (bicyclic) bond motifs is 1. The van der Waals surface area contributed by atoms with E-state index in [0.29, 0.717) is 18.2 Å². The van der Waals surface area contributed by atoms with Gasteiger partial charge in [0.15, 0.2) is 5.82 Å². The zero-order valence-electron chi connectivity index (χ0n) is 16.0. The Hall–Kier alpha value is -2.62. The standard InChI is InChI=1S/C19H21F3N4O3/c1-11-8-24(16(28)12-3-6-15(27)25(9-12)13-4-5-13)10-14-7-23-17(26(11)14)18(2,29)19(20,21)22/h3,6-7,9,11,13,29H,4-5,8,10H2,1-2H3/t11-,18+/m0/s1. The fourth-order valence-corrected chi connectivity index (χ4v) is 3.76. The minimum Gasteiger partial charge on any atom is -0.374 e. The van der Waals surface area contributed by atoms with Gasteiger partial charge in [-0.2, -0.15) is 13.2 Å². The highest BCUT2D eigenvalue weighted by Crippen LogP contribution is 2.40. The van der Waals surface area contributed by atoms with Gasteiger partial charge in [0.1, 0.15) is 0 Å². The molecule has 0 aromatic carbocycles. The summed E-state index contributed by atoms with van der Waals surface area (Å²) in [6.07, 6.45) is -0.257. The number of carbonyl (C=O) groups excluding carboxylic acids is 1. The number of carbonyl (C=O) groups is 1. The molecule has 1 saturated carbocycles. The summed E-state index contributed by atoms with van der Waals surface area (Å²) in [5.41, 5.74) is -2.48. The van der Waals surface area contributed by atoms with Crippen LogP contribution in [0, 0.1) is 0 Å². The third-order valence-electron chi connectivity index (χ3n) is 5.55. The first kappa shape index (κ1) is 19.7. The van der Waals surface area contributed by atoms with Gasteiger partial charge in [0, 0.05) is 24.8 Å². The second-order valence-corrected chi connectivity index (χ2v) is 7.94. The van der Waals surface area contributed by atoms with Crippen LogP contribution in [0.2, 0.25) is 0 Å². The van der Waals surface area contributed by atoms with Crippen molar-refractivity contribution in [3.8, 4) is 0 Å².